The zero-order valence-corrected chi connectivity index (χ0v) is 26.1. The van der Waals surface area contributed by atoms with E-state index < -0.39 is 17.8 Å². The third kappa shape index (κ3) is 6.93. The van der Waals surface area contributed by atoms with E-state index in [0.717, 1.165) is 41.9 Å². The molecule has 2 aromatic carbocycles. The van der Waals surface area contributed by atoms with Gasteiger partial charge in [0.1, 0.15) is 6.33 Å². The second-order valence-corrected chi connectivity index (χ2v) is 11.5. The highest BCUT2D eigenvalue weighted by Crippen LogP contribution is 2.34. The molecular weight excluding hydrogens is 621 g/mol. The molecule has 11 nitrogen and oxygen atoms in total. The molecule has 1 aliphatic rings. The van der Waals surface area contributed by atoms with Crippen LogP contribution in [0, 0.1) is 0 Å². The average Bonchev–Trinajstić information content (AvgIpc) is 3.64. The lowest BCUT2D eigenvalue weighted by Gasteiger charge is -2.22. The third-order valence-electron chi connectivity index (χ3n) is 7.01. The summed E-state index contributed by atoms with van der Waals surface area (Å²) in [6, 6.07) is 11.7. The standard InChI is InChI=1S/C31H29F3N8O3S/c1-5-6-19-7-10-22(40(3)4)14-25(19)42-27(44)16-46-30(42)38-29(45)37-24-11-8-20(13-23(24)18(2)43)28-36-17-41(39-28)26-12-9-21(15-35-26)31(32,33)34/h7-15,17H,5-6,16H2,1-4H3,(H,37,45)/b38-30-. The minimum atomic E-state index is -4.52. The number of ketones is 1. The van der Waals surface area contributed by atoms with Gasteiger partial charge in [0.2, 0.25) is 5.91 Å². The Kier molecular flexibility index (Phi) is 9.23. The Labute approximate surface area is 266 Å². The van der Waals surface area contributed by atoms with Crippen molar-refractivity contribution in [2.45, 2.75) is 32.9 Å². The van der Waals surface area contributed by atoms with Gasteiger partial charge in [0, 0.05) is 37.1 Å². The van der Waals surface area contributed by atoms with Crippen LogP contribution in [0.25, 0.3) is 17.2 Å². The predicted molar refractivity (Wildman–Crippen MR) is 171 cm³/mol. The first-order chi connectivity index (χ1) is 21.8. The molecular formula is C31H29F3N8O3S. The number of alkyl halides is 3. The van der Waals surface area contributed by atoms with Crippen LogP contribution in [0.1, 0.15) is 41.8 Å². The van der Waals surface area contributed by atoms with E-state index in [-0.39, 0.29) is 45.5 Å². The summed E-state index contributed by atoms with van der Waals surface area (Å²) in [5.41, 5.74) is 2.40. The molecule has 0 aliphatic carbocycles. The number of benzene rings is 2. The number of hydrogen-bond acceptors (Lipinski definition) is 8. The molecule has 46 heavy (non-hydrogen) atoms. The van der Waals surface area contributed by atoms with Crippen molar-refractivity contribution in [1.82, 2.24) is 19.7 Å². The number of aliphatic imine (C=N–C) groups is 1. The van der Waals surface area contributed by atoms with E-state index in [9.17, 15) is 27.6 Å². The summed E-state index contributed by atoms with van der Waals surface area (Å²) in [7, 11) is 3.80. The van der Waals surface area contributed by atoms with Crippen LogP contribution >= 0.6 is 11.8 Å². The maximum Gasteiger partial charge on any atom is 0.417 e. The van der Waals surface area contributed by atoms with Crippen LogP contribution in [0.5, 0.6) is 0 Å². The average molecular weight is 651 g/mol. The van der Waals surface area contributed by atoms with Crippen molar-refractivity contribution in [3.05, 3.63) is 77.7 Å². The largest absolute Gasteiger partial charge is 0.417 e. The number of nitrogens with zero attached hydrogens (tertiary/aromatic N) is 7. The quantitative estimate of drug-likeness (QED) is 0.222. The Balaban J connectivity index is 1.39. The Bertz CT molecular complexity index is 1840. The van der Waals surface area contributed by atoms with Crippen molar-refractivity contribution in [3.8, 4) is 17.2 Å². The molecule has 1 fully saturated rings. The van der Waals surface area contributed by atoms with Gasteiger partial charge in [-0.15, -0.1) is 5.10 Å². The number of urea groups is 1. The van der Waals surface area contributed by atoms with E-state index >= 15 is 0 Å². The van der Waals surface area contributed by atoms with Gasteiger partial charge in [-0.05, 0) is 61.4 Å². The van der Waals surface area contributed by atoms with Gasteiger partial charge >= 0.3 is 12.2 Å². The van der Waals surface area contributed by atoms with Crippen LogP contribution in [0.15, 0.2) is 66.0 Å². The highest BCUT2D eigenvalue weighted by molar-refractivity contribution is 8.15. The van der Waals surface area contributed by atoms with Crippen LogP contribution < -0.4 is 15.1 Å². The van der Waals surface area contributed by atoms with Gasteiger partial charge in [0.15, 0.2) is 22.6 Å². The molecule has 15 heteroatoms. The lowest BCUT2D eigenvalue weighted by Crippen LogP contribution is -2.31. The van der Waals surface area contributed by atoms with Crippen molar-refractivity contribution < 1.29 is 27.6 Å². The molecule has 0 radical (unpaired) electrons. The van der Waals surface area contributed by atoms with Crippen molar-refractivity contribution in [2.24, 2.45) is 4.99 Å². The van der Waals surface area contributed by atoms with Gasteiger partial charge in [-0.3, -0.25) is 14.5 Å². The summed E-state index contributed by atoms with van der Waals surface area (Å²) >= 11 is 1.15. The minimum absolute atomic E-state index is 0.120. The Morgan fingerprint density at radius 3 is 2.52 bits per heavy atom. The number of amides is 3. The Hall–Kier alpha value is -5.05. The fraction of sp³-hybridized carbons (Fsp3) is 0.258. The monoisotopic (exact) mass is 650 g/mol. The molecule has 238 valence electrons. The van der Waals surface area contributed by atoms with Crippen molar-refractivity contribution in [3.63, 3.8) is 0 Å². The number of thioether (sulfide) groups is 1. The van der Waals surface area contributed by atoms with Gasteiger partial charge < -0.3 is 10.2 Å². The molecule has 4 aromatic rings. The van der Waals surface area contributed by atoms with E-state index in [1.807, 2.05) is 44.1 Å². The molecule has 0 unspecified atom stereocenters. The van der Waals surface area contributed by atoms with E-state index in [1.54, 1.807) is 6.07 Å². The van der Waals surface area contributed by atoms with E-state index in [0.29, 0.717) is 17.4 Å². The molecule has 0 saturated carbocycles. The first-order valence-corrected chi connectivity index (χ1v) is 15.1. The number of nitrogens with one attached hydrogen (secondary N) is 1. The van der Waals surface area contributed by atoms with Gasteiger partial charge in [0.05, 0.1) is 22.7 Å². The minimum Gasteiger partial charge on any atom is -0.378 e. The van der Waals surface area contributed by atoms with Crippen LogP contribution in [0.3, 0.4) is 0 Å². The molecule has 1 aliphatic heterocycles. The normalized spacial score (nSPS) is 14.2. The summed E-state index contributed by atoms with van der Waals surface area (Å²) in [4.78, 5) is 54.3. The lowest BCUT2D eigenvalue weighted by molar-refractivity contribution is -0.137. The van der Waals surface area contributed by atoms with Crippen LogP contribution in [-0.4, -0.2) is 62.5 Å². The molecule has 1 N–H and O–H groups in total. The van der Waals surface area contributed by atoms with Gasteiger partial charge in [-0.25, -0.2) is 19.4 Å². The lowest BCUT2D eigenvalue weighted by atomic mass is 10.0. The summed E-state index contributed by atoms with van der Waals surface area (Å²) in [6.45, 7) is 3.38. The number of carbonyl (C=O) groups excluding carboxylic acids is 3. The molecule has 1 saturated heterocycles. The maximum absolute atomic E-state index is 13.1. The zero-order chi connectivity index (χ0) is 33.2. The topological polar surface area (TPSA) is 126 Å². The number of aromatic nitrogens is 4. The number of aryl methyl sites for hydroxylation is 1. The summed E-state index contributed by atoms with van der Waals surface area (Å²) < 4.78 is 39.9. The number of anilines is 3. The van der Waals surface area contributed by atoms with Crippen molar-refractivity contribution in [1.29, 1.82) is 0 Å². The molecule has 5 rings (SSSR count). The number of carbonyl (C=O) groups is 3. The Morgan fingerprint density at radius 2 is 1.87 bits per heavy atom. The fourth-order valence-electron chi connectivity index (χ4n) is 4.71. The van der Waals surface area contributed by atoms with Crippen LogP contribution in [0.2, 0.25) is 0 Å². The van der Waals surface area contributed by atoms with E-state index in [1.165, 1.54) is 41.0 Å². The summed E-state index contributed by atoms with van der Waals surface area (Å²) in [5, 5.41) is 7.15. The van der Waals surface area contributed by atoms with Gasteiger partial charge in [0.25, 0.3) is 0 Å². The summed E-state index contributed by atoms with van der Waals surface area (Å²) in [5.74, 6) is -0.128. The van der Waals surface area contributed by atoms with Crippen LogP contribution in [-0.2, 0) is 17.4 Å². The second-order valence-electron chi connectivity index (χ2n) is 10.5. The molecule has 0 spiro atoms. The van der Waals surface area contributed by atoms with E-state index in [4.69, 9.17) is 0 Å². The maximum atomic E-state index is 13.1. The van der Waals surface area contributed by atoms with Gasteiger partial charge in [-0.2, -0.15) is 18.2 Å². The van der Waals surface area contributed by atoms with Crippen molar-refractivity contribution >= 4 is 51.7 Å². The van der Waals surface area contributed by atoms with Crippen molar-refractivity contribution in [2.75, 3.05) is 35.0 Å². The number of amidine groups is 1. The molecule has 0 bridgehead atoms. The highest BCUT2D eigenvalue weighted by atomic mass is 32.2. The number of hydrogen-bond donors (Lipinski definition) is 1. The highest BCUT2D eigenvalue weighted by Gasteiger charge is 2.33. The predicted octanol–water partition coefficient (Wildman–Crippen LogP) is 6.24. The zero-order valence-electron chi connectivity index (χ0n) is 25.3. The smallest absolute Gasteiger partial charge is 0.378 e. The molecule has 2 aromatic heterocycles. The number of rotatable bonds is 8. The number of pyridine rings is 1. The first kappa shape index (κ1) is 32.3. The first-order valence-electron chi connectivity index (χ1n) is 14.1. The summed E-state index contributed by atoms with van der Waals surface area (Å²) in [6.07, 6.45) is -0.929. The van der Waals surface area contributed by atoms with Gasteiger partial charge in [-0.1, -0.05) is 31.2 Å². The third-order valence-corrected chi connectivity index (χ3v) is 7.93. The molecule has 3 amide bonds. The molecule has 3 heterocycles. The molecule has 0 atom stereocenters. The number of Topliss-reactive ketones (excluding diaryl/α,β-unsaturated/α-hetero) is 1. The van der Waals surface area contributed by atoms with E-state index in [2.05, 4.69) is 25.4 Å². The Morgan fingerprint density at radius 1 is 1.09 bits per heavy atom. The number of halogens is 3. The fourth-order valence-corrected chi connectivity index (χ4v) is 5.57. The SMILES string of the molecule is CCCc1ccc(N(C)C)cc1N1C(=O)CS/C1=N\C(=O)Nc1ccc(-c2ncn(-c3ccc(C(F)(F)F)cn3)n2)cc1C(C)=O. The second kappa shape index (κ2) is 13.1. The van der Waals surface area contributed by atoms with Crippen LogP contribution in [0.4, 0.5) is 35.0 Å².